The number of carbonyl (C=O) groups is 1. The van der Waals surface area contributed by atoms with Crippen LogP contribution in [0.5, 0.6) is 0 Å². The zero-order valence-corrected chi connectivity index (χ0v) is 27.6. The second-order valence-corrected chi connectivity index (χ2v) is 27.7. The molecule has 0 aliphatic rings. The molecule has 41 heavy (non-hydrogen) atoms. The van der Waals surface area contributed by atoms with Crippen LogP contribution in [0.3, 0.4) is 0 Å². The Labute approximate surface area is 249 Å². The van der Waals surface area contributed by atoms with Crippen LogP contribution in [-0.2, 0) is 0 Å². The Bertz CT molecular complexity index is 1510. The van der Waals surface area contributed by atoms with Gasteiger partial charge in [0, 0.05) is 0 Å². The molecule has 0 atom stereocenters. The van der Waals surface area contributed by atoms with E-state index >= 15 is 4.79 Å². The summed E-state index contributed by atoms with van der Waals surface area (Å²) < 4.78 is 7.21. The average molecular weight is 652 g/mol. The van der Waals surface area contributed by atoms with E-state index in [1.165, 1.54) is 0 Å². The molecule has 3 heteroatoms. The van der Waals surface area contributed by atoms with Crippen LogP contribution in [-0.4, -0.2) is 30.0 Å². The molecule has 0 heterocycles. The van der Waals surface area contributed by atoms with E-state index in [-0.39, 0.29) is 0 Å². The van der Waals surface area contributed by atoms with Crippen molar-refractivity contribution in [2.24, 2.45) is 0 Å². The predicted octanol–water partition coefficient (Wildman–Crippen LogP) is 5.93. The summed E-state index contributed by atoms with van der Waals surface area (Å²) in [5.41, 5.74) is 0. The normalized spacial score (nSPS) is 12.3. The first kappa shape index (κ1) is 28.6. The molecule has 0 fully saturated rings. The molecule has 0 N–H and O–H groups in total. The van der Waals surface area contributed by atoms with Gasteiger partial charge in [-0.3, -0.25) is 0 Å². The van der Waals surface area contributed by atoms with E-state index in [0.717, 1.165) is 26.4 Å². The van der Waals surface area contributed by atoms with E-state index in [2.05, 4.69) is 146 Å². The van der Waals surface area contributed by atoms with Crippen molar-refractivity contribution in [3.8, 4) is 0 Å². The van der Waals surface area contributed by atoms with E-state index in [1.807, 2.05) is 43.3 Å². The quantitative estimate of drug-likeness (QED) is 0.135. The monoisotopic (exact) mass is 654 g/mol. The van der Waals surface area contributed by atoms with E-state index in [1.54, 1.807) is 0 Å². The molecule has 0 amide bonds. The van der Waals surface area contributed by atoms with E-state index in [4.69, 9.17) is 0 Å². The minimum atomic E-state index is -4.15. The zero-order valence-electron chi connectivity index (χ0n) is 23.4. The molecule has 0 spiro atoms. The molecule has 0 bridgehead atoms. The Balaban J connectivity index is 2.04. The van der Waals surface area contributed by atoms with Gasteiger partial charge in [-0.15, -0.1) is 0 Å². The van der Waals surface area contributed by atoms with Gasteiger partial charge in [-0.25, -0.2) is 0 Å². The third-order valence-corrected chi connectivity index (χ3v) is 33.9. The standard InChI is InChI=1S/C38H34Ge2O/c1-3-20-32(21-4-2)39(33-22-10-5-11-23-33,34-24-12-6-13-25-34)38(41)40(35-26-14-7-15-27-35,36-28-16-8-17-29-36)37-30-18-9-19-31-37/h3-31H,1H2,2H3/b21-4-,32-20+. The van der Waals surface area contributed by atoms with Gasteiger partial charge in [0.2, 0.25) is 0 Å². The zero-order chi connectivity index (χ0) is 28.5. The fourth-order valence-corrected chi connectivity index (χ4v) is 39.3. The maximum absolute atomic E-state index is 16.5. The molecule has 5 aromatic rings. The Morgan fingerprint density at radius 2 is 0.854 bits per heavy atom. The molecule has 0 saturated carbocycles. The number of rotatable bonds is 10. The van der Waals surface area contributed by atoms with E-state index in [9.17, 15) is 0 Å². The summed E-state index contributed by atoms with van der Waals surface area (Å²) in [7, 11) is 0. The topological polar surface area (TPSA) is 17.1 Å². The van der Waals surface area contributed by atoms with Gasteiger partial charge in [0.1, 0.15) is 0 Å². The molecule has 0 unspecified atom stereocenters. The third-order valence-electron chi connectivity index (χ3n) is 7.79. The van der Waals surface area contributed by atoms with Gasteiger partial charge < -0.3 is 0 Å². The molecule has 0 radical (unpaired) electrons. The summed E-state index contributed by atoms with van der Waals surface area (Å²) in [4.78, 5) is 16.5. The van der Waals surface area contributed by atoms with Crippen molar-refractivity contribution in [1.29, 1.82) is 0 Å². The van der Waals surface area contributed by atoms with Crippen LogP contribution in [0.25, 0.3) is 0 Å². The molecule has 0 aromatic heterocycles. The summed E-state index contributed by atoms with van der Waals surface area (Å²) in [6.07, 6.45) is 8.16. The number of carbonyl (C=O) groups excluding carboxylic acids is 1. The fraction of sp³-hybridized carbons (Fsp3) is 0.0263. The third kappa shape index (κ3) is 5.16. The minimum absolute atomic E-state index is 0.414. The van der Waals surface area contributed by atoms with Crippen LogP contribution >= 0.6 is 0 Å². The fourth-order valence-electron chi connectivity index (χ4n) is 6.12. The van der Waals surface area contributed by atoms with Gasteiger partial charge in [0.15, 0.2) is 0 Å². The van der Waals surface area contributed by atoms with Crippen molar-refractivity contribution in [2.45, 2.75) is 6.92 Å². The van der Waals surface area contributed by atoms with Crippen molar-refractivity contribution in [3.63, 3.8) is 0 Å². The molecule has 0 aliphatic carbocycles. The number of hydrogen-bond donors (Lipinski definition) is 0. The first-order chi connectivity index (χ1) is 20.2. The summed E-state index contributed by atoms with van der Waals surface area (Å²) in [6.45, 7) is 6.14. The van der Waals surface area contributed by atoms with Crippen LogP contribution in [0, 0.1) is 0 Å². The van der Waals surface area contributed by atoms with Gasteiger partial charge in [-0.1, -0.05) is 0 Å². The van der Waals surface area contributed by atoms with Gasteiger partial charge in [0.05, 0.1) is 0 Å². The number of benzene rings is 5. The Morgan fingerprint density at radius 1 is 0.537 bits per heavy atom. The SMILES string of the molecule is C=C/C=[C](\C=C/C)[Ge]([C](=O)[Ge]([c]1ccccc1)([c]1ccccc1)[c]1ccccc1)([c]1ccccc1)[c]1ccccc1. The van der Waals surface area contributed by atoms with Crippen LogP contribution < -0.4 is 22.0 Å². The number of hydrogen-bond acceptors (Lipinski definition) is 1. The number of allylic oxidation sites excluding steroid dienone is 5. The van der Waals surface area contributed by atoms with Crippen molar-refractivity contribution in [2.75, 3.05) is 0 Å². The summed E-state index contributed by atoms with van der Waals surface area (Å²) in [6, 6.07) is 52.9. The maximum atomic E-state index is 16.5. The predicted molar refractivity (Wildman–Crippen MR) is 180 cm³/mol. The van der Waals surface area contributed by atoms with Gasteiger partial charge >= 0.3 is 251 Å². The average Bonchev–Trinajstić information content (AvgIpc) is 3.05. The molecule has 0 saturated heterocycles. The van der Waals surface area contributed by atoms with Crippen LogP contribution in [0.1, 0.15) is 6.92 Å². The summed E-state index contributed by atoms with van der Waals surface area (Å²) in [5.74, 6) is 0. The molecule has 0 aliphatic heterocycles. The van der Waals surface area contributed by atoms with Gasteiger partial charge in [-0.05, 0) is 0 Å². The summed E-state index contributed by atoms with van der Waals surface area (Å²) in [5, 5.41) is 0. The van der Waals surface area contributed by atoms with Gasteiger partial charge in [-0.2, -0.15) is 0 Å². The molecule has 5 aromatic carbocycles. The molecular weight excluding hydrogens is 618 g/mol. The second-order valence-electron chi connectivity index (χ2n) is 10.0. The van der Waals surface area contributed by atoms with Crippen molar-refractivity contribution in [1.82, 2.24) is 0 Å². The van der Waals surface area contributed by atoms with Crippen molar-refractivity contribution >= 4 is 52.0 Å². The second kappa shape index (κ2) is 13.2. The summed E-state index contributed by atoms with van der Waals surface area (Å²) >= 11 is -8.25. The van der Waals surface area contributed by atoms with E-state index in [0.29, 0.717) is 3.45 Å². The Morgan fingerprint density at radius 3 is 1.15 bits per heavy atom. The molecule has 5 rings (SSSR count). The van der Waals surface area contributed by atoms with Gasteiger partial charge in [0.25, 0.3) is 0 Å². The van der Waals surface area contributed by atoms with Crippen LogP contribution in [0.15, 0.2) is 187 Å². The first-order valence-corrected chi connectivity index (χ1v) is 22.4. The van der Waals surface area contributed by atoms with Crippen molar-refractivity contribution in [3.05, 3.63) is 187 Å². The van der Waals surface area contributed by atoms with Crippen LogP contribution in [0.2, 0.25) is 0 Å². The van der Waals surface area contributed by atoms with E-state index < -0.39 is 26.5 Å². The first-order valence-electron chi connectivity index (χ1n) is 14.0. The molecule has 200 valence electrons. The molecule has 1 nitrogen and oxygen atoms in total. The Hall–Kier alpha value is -3.92. The molecular formula is C38H34Ge2O. The Kier molecular flexibility index (Phi) is 9.18. The van der Waals surface area contributed by atoms with Crippen molar-refractivity contribution < 1.29 is 4.79 Å². The van der Waals surface area contributed by atoms with Crippen LogP contribution in [0.4, 0.5) is 4.79 Å².